The van der Waals surface area contributed by atoms with Crippen LogP contribution >= 0.6 is 11.6 Å². The third-order valence-corrected chi connectivity index (χ3v) is 6.38. The summed E-state index contributed by atoms with van der Waals surface area (Å²) in [4.78, 5) is 25.6. The second-order valence-electron chi connectivity index (χ2n) is 6.51. The predicted molar refractivity (Wildman–Crippen MR) is 98.6 cm³/mol. The van der Waals surface area contributed by atoms with Crippen LogP contribution in [-0.2, 0) is 19.4 Å². The second-order valence-corrected chi connectivity index (χ2v) is 9.14. The number of nitrogens with zero attached hydrogens (tertiary/aromatic N) is 1. The number of hydrogen-bond acceptors (Lipinski definition) is 4. The Morgan fingerprint density at radius 3 is 2.52 bits per heavy atom. The fraction of sp³-hybridized carbons (Fsp3) is 0.529. The molecule has 0 saturated carbocycles. The first kappa shape index (κ1) is 19.7. The van der Waals surface area contributed by atoms with E-state index in [9.17, 15) is 18.0 Å². The van der Waals surface area contributed by atoms with Crippen LogP contribution in [0.1, 0.15) is 30.9 Å². The Balaban J connectivity index is 1.99. The van der Waals surface area contributed by atoms with Crippen LogP contribution in [0.2, 0.25) is 5.02 Å². The summed E-state index contributed by atoms with van der Waals surface area (Å²) in [5, 5.41) is 3.25. The van der Waals surface area contributed by atoms with Gasteiger partial charge in [-0.2, -0.15) is 0 Å². The van der Waals surface area contributed by atoms with Crippen LogP contribution < -0.4 is 5.32 Å². The van der Waals surface area contributed by atoms with Crippen LogP contribution in [-0.4, -0.2) is 49.2 Å². The summed E-state index contributed by atoms with van der Waals surface area (Å²) in [5.74, 6) is -0.427. The molecule has 1 aliphatic rings. The average molecular weight is 387 g/mol. The molecule has 8 heteroatoms. The molecule has 1 atom stereocenters. The van der Waals surface area contributed by atoms with Crippen molar-refractivity contribution in [3.8, 4) is 0 Å². The lowest BCUT2D eigenvalue weighted by Gasteiger charge is -2.26. The molecule has 1 N–H and O–H groups in total. The lowest BCUT2D eigenvalue weighted by Crippen LogP contribution is -2.41. The highest BCUT2D eigenvalue weighted by Gasteiger charge is 2.33. The quantitative estimate of drug-likeness (QED) is 0.841. The van der Waals surface area contributed by atoms with Crippen LogP contribution in [0.4, 0.5) is 5.69 Å². The molecular weight excluding hydrogens is 364 g/mol. The van der Waals surface area contributed by atoms with Gasteiger partial charge >= 0.3 is 0 Å². The van der Waals surface area contributed by atoms with E-state index in [1.54, 1.807) is 6.07 Å². The van der Waals surface area contributed by atoms with Crippen molar-refractivity contribution >= 4 is 38.9 Å². The van der Waals surface area contributed by atoms with Crippen molar-refractivity contribution in [3.05, 3.63) is 28.3 Å². The van der Waals surface area contributed by atoms with Crippen molar-refractivity contribution in [2.75, 3.05) is 23.4 Å². The second kappa shape index (κ2) is 7.74. The first-order valence-electron chi connectivity index (χ1n) is 8.13. The SMILES string of the molecule is CC(=O)N(CCC(=O)Nc1c(C)cc(C)cc1Cl)C1CCS(=O)(=O)C1. The normalized spacial score (nSPS) is 18.8. The Bertz CT molecular complexity index is 769. The first-order valence-corrected chi connectivity index (χ1v) is 10.3. The van der Waals surface area contributed by atoms with Crippen LogP contribution in [0, 0.1) is 13.8 Å². The molecule has 0 aliphatic carbocycles. The number of halogens is 1. The summed E-state index contributed by atoms with van der Waals surface area (Å²) >= 11 is 6.18. The molecule has 138 valence electrons. The molecule has 2 amide bonds. The van der Waals surface area contributed by atoms with Crippen LogP contribution in [0.5, 0.6) is 0 Å². The number of hydrogen-bond donors (Lipinski definition) is 1. The summed E-state index contributed by atoms with van der Waals surface area (Å²) in [6.07, 6.45) is 0.506. The van der Waals surface area contributed by atoms with Crippen molar-refractivity contribution in [1.29, 1.82) is 0 Å². The lowest BCUT2D eigenvalue weighted by atomic mass is 10.1. The molecule has 0 spiro atoms. The summed E-state index contributed by atoms with van der Waals surface area (Å²) in [6.45, 7) is 5.36. The molecule has 2 rings (SSSR count). The smallest absolute Gasteiger partial charge is 0.226 e. The van der Waals surface area contributed by atoms with E-state index in [0.717, 1.165) is 11.1 Å². The van der Waals surface area contributed by atoms with Gasteiger partial charge in [-0.1, -0.05) is 17.7 Å². The van der Waals surface area contributed by atoms with Crippen molar-refractivity contribution in [3.63, 3.8) is 0 Å². The van der Waals surface area contributed by atoms with E-state index in [2.05, 4.69) is 5.32 Å². The van der Waals surface area contributed by atoms with E-state index in [1.807, 2.05) is 19.9 Å². The molecule has 1 saturated heterocycles. The Kier molecular flexibility index (Phi) is 6.11. The average Bonchev–Trinajstić information content (AvgIpc) is 2.82. The van der Waals surface area contributed by atoms with Gasteiger partial charge in [-0.05, 0) is 37.5 Å². The zero-order chi connectivity index (χ0) is 18.8. The van der Waals surface area contributed by atoms with Crippen LogP contribution in [0.25, 0.3) is 0 Å². The van der Waals surface area contributed by atoms with Crippen molar-refractivity contribution in [2.45, 2.75) is 39.7 Å². The first-order chi connectivity index (χ1) is 11.6. The minimum atomic E-state index is -3.09. The Hall–Kier alpha value is -1.60. The number of carbonyl (C=O) groups excluding carboxylic acids is 2. The third kappa shape index (κ3) is 5.19. The molecule has 1 unspecified atom stereocenters. The molecule has 0 radical (unpaired) electrons. The van der Waals surface area contributed by atoms with Gasteiger partial charge in [0.05, 0.1) is 22.2 Å². The van der Waals surface area contributed by atoms with Crippen molar-refractivity contribution in [2.24, 2.45) is 0 Å². The van der Waals surface area contributed by atoms with Gasteiger partial charge in [-0.15, -0.1) is 0 Å². The molecular formula is C17H23ClN2O4S. The zero-order valence-corrected chi connectivity index (χ0v) is 16.2. The summed E-state index contributed by atoms with van der Waals surface area (Å²) in [6, 6.07) is 3.35. The van der Waals surface area contributed by atoms with Gasteiger partial charge in [0.2, 0.25) is 11.8 Å². The summed E-state index contributed by atoms with van der Waals surface area (Å²) in [5.41, 5.74) is 2.43. The van der Waals surface area contributed by atoms with Gasteiger partial charge in [-0.3, -0.25) is 9.59 Å². The molecule has 1 aromatic carbocycles. The van der Waals surface area contributed by atoms with Gasteiger partial charge in [-0.25, -0.2) is 8.42 Å². The molecule has 1 heterocycles. The van der Waals surface area contributed by atoms with Crippen LogP contribution in [0.3, 0.4) is 0 Å². The Morgan fingerprint density at radius 2 is 2.00 bits per heavy atom. The van der Waals surface area contributed by atoms with E-state index in [4.69, 9.17) is 11.6 Å². The van der Waals surface area contributed by atoms with Gasteiger partial charge in [0.15, 0.2) is 9.84 Å². The minimum absolute atomic E-state index is 0.0307. The summed E-state index contributed by atoms with van der Waals surface area (Å²) in [7, 11) is -3.09. The molecule has 1 aromatic rings. The highest BCUT2D eigenvalue weighted by molar-refractivity contribution is 7.91. The van der Waals surface area contributed by atoms with E-state index in [-0.39, 0.29) is 42.3 Å². The van der Waals surface area contributed by atoms with Gasteiger partial charge in [0.25, 0.3) is 0 Å². The number of aryl methyl sites for hydroxylation is 2. The maximum atomic E-state index is 12.2. The number of sulfone groups is 1. The molecule has 1 fully saturated rings. The maximum absolute atomic E-state index is 12.2. The topological polar surface area (TPSA) is 83.6 Å². The Labute approximate surface area is 153 Å². The Morgan fingerprint density at radius 1 is 1.32 bits per heavy atom. The van der Waals surface area contributed by atoms with Crippen molar-refractivity contribution in [1.82, 2.24) is 4.90 Å². The van der Waals surface area contributed by atoms with Gasteiger partial charge in [0, 0.05) is 25.9 Å². The van der Waals surface area contributed by atoms with E-state index < -0.39 is 9.84 Å². The van der Waals surface area contributed by atoms with Gasteiger partial charge < -0.3 is 10.2 Å². The van der Waals surface area contributed by atoms with Crippen LogP contribution in [0.15, 0.2) is 12.1 Å². The van der Waals surface area contributed by atoms with Crippen molar-refractivity contribution < 1.29 is 18.0 Å². The molecule has 6 nitrogen and oxygen atoms in total. The number of nitrogens with one attached hydrogen (secondary N) is 1. The number of amides is 2. The lowest BCUT2D eigenvalue weighted by molar-refractivity contribution is -0.131. The summed E-state index contributed by atoms with van der Waals surface area (Å²) < 4.78 is 23.2. The largest absolute Gasteiger partial charge is 0.338 e. The number of benzene rings is 1. The molecule has 0 bridgehead atoms. The predicted octanol–water partition coefficient (Wildman–Crippen LogP) is 2.32. The molecule has 0 aromatic heterocycles. The highest BCUT2D eigenvalue weighted by Crippen LogP contribution is 2.27. The standard InChI is InChI=1S/C17H23ClN2O4S/c1-11-8-12(2)17(15(18)9-11)19-16(22)4-6-20(13(3)21)14-5-7-25(23,24)10-14/h8-9,14H,4-7,10H2,1-3H3,(H,19,22). The molecule has 1 aliphatic heterocycles. The monoisotopic (exact) mass is 386 g/mol. The highest BCUT2D eigenvalue weighted by atomic mass is 35.5. The third-order valence-electron chi connectivity index (χ3n) is 4.33. The van der Waals surface area contributed by atoms with E-state index in [1.165, 1.54) is 11.8 Å². The maximum Gasteiger partial charge on any atom is 0.226 e. The zero-order valence-electron chi connectivity index (χ0n) is 14.6. The van der Waals surface area contributed by atoms with E-state index >= 15 is 0 Å². The number of anilines is 1. The fourth-order valence-corrected chi connectivity index (χ4v) is 5.22. The fourth-order valence-electron chi connectivity index (χ4n) is 3.12. The number of carbonyl (C=O) groups is 2. The number of rotatable bonds is 5. The van der Waals surface area contributed by atoms with E-state index in [0.29, 0.717) is 17.1 Å². The minimum Gasteiger partial charge on any atom is -0.338 e. The molecule has 25 heavy (non-hydrogen) atoms. The van der Waals surface area contributed by atoms with Gasteiger partial charge in [0.1, 0.15) is 0 Å².